The van der Waals surface area contributed by atoms with Gasteiger partial charge in [0.15, 0.2) is 0 Å². The molecule has 1 atom stereocenters. The Hall–Kier alpha value is -1.55. The number of piperidine rings is 1. The summed E-state index contributed by atoms with van der Waals surface area (Å²) in [6, 6.07) is 5.21. The normalized spacial score (nSPS) is 21.9. The summed E-state index contributed by atoms with van der Waals surface area (Å²) in [6.45, 7) is 7.98. The van der Waals surface area contributed by atoms with Gasteiger partial charge in [-0.05, 0) is 37.4 Å². The van der Waals surface area contributed by atoms with Gasteiger partial charge in [0.25, 0.3) is 5.91 Å². The van der Waals surface area contributed by atoms with Gasteiger partial charge in [-0.25, -0.2) is 0 Å². The van der Waals surface area contributed by atoms with Crippen molar-refractivity contribution < 1.29 is 9.90 Å². The molecule has 1 aromatic rings. The lowest BCUT2D eigenvalue weighted by Gasteiger charge is -2.39. The van der Waals surface area contributed by atoms with Gasteiger partial charge in [-0.15, -0.1) is 0 Å². The Bertz CT molecular complexity index is 483. The SMILES string of the molecule is Cc1ccc(O)c(C(=O)NC2CCNCC2(C)C)c1. The van der Waals surface area contributed by atoms with Gasteiger partial charge in [-0.3, -0.25) is 4.79 Å². The molecule has 4 nitrogen and oxygen atoms in total. The molecule has 2 rings (SSSR count). The molecule has 1 heterocycles. The van der Waals surface area contributed by atoms with Gasteiger partial charge in [0, 0.05) is 12.6 Å². The molecule has 4 heteroatoms. The number of benzene rings is 1. The third kappa shape index (κ3) is 3.07. The molecule has 0 aliphatic carbocycles. The van der Waals surface area contributed by atoms with Crippen molar-refractivity contribution in [2.75, 3.05) is 13.1 Å². The van der Waals surface area contributed by atoms with Gasteiger partial charge in [0.2, 0.25) is 0 Å². The summed E-state index contributed by atoms with van der Waals surface area (Å²) in [5.74, 6) is -0.156. The predicted molar refractivity (Wildman–Crippen MR) is 75.4 cm³/mol. The van der Waals surface area contributed by atoms with Crippen molar-refractivity contribution in [2.24, 2.45) is 5.41 Å². The average molecular weight is 262 g/mol. The minimum absolute atomic E-state index is 0.0212. The lowest BCUT2D eigenvalue weighted by Crippen LogP contribution is -2.54. The molecular weight excluding hydrogens is 240 g/mol. The number of rotatable bonds is 2. The Balaban J connectivity index is 2.14. The first-order valence-corrected chi connectivity index (χ1v) is 6.71. The highest BCUT2D eigenvalue weighted by Crippen LogP contribution is 2.26. The van der Waals surface area contributed by atoms with Crippen LogP contribution in [0.5, 0.6) is 5.75 Å². The zero-order chi connectivity index (χ0) is 14.0. The second-order valence-electron chi connectivity index (χ2n) is 6.00. The van der Waals surface area contributed by atoms with Gasteiger partial charge in [-0.1, -0.05) is 25.5 Å². The van der Waals surface area contributed by atoms with Crippen LogP contribution in [0.15, 0.2) is 18.2 Å². The van der Waals surface area contributed by atoms with Crippen LogP contribution in [0, 0.1) is 12.3 Å². The first kappa shape index (κ1) is 13.9. The highest BCUT2D eigenvalue weighted by atomic mass is 16.3. The molecule has 3 N–H and O–H groups in total. The molecule has 1 amide bonds. The van der Waals surface area contributed by atoms with Crippen LogP contribution < -0.4 is 10.6 Å². The van der Waals surface area contributed by atoms with Crippen molar-refractivity contribution in [3.05, 3.63) is 29.3 Å². The smallest absolute Gasteiger partial charge is 0.255 e. The van der Waals surface area contributed by atoms with E-state index < -0.39 is 0 Å². The molecule has 1 aliphatic heterocycles. The van der Waals surface area contributed by atoms with E-state index in [1.54, 1.807) is 18.2 Å². The van der Waals surface area contributed by atoms with Gasteiger partial charge < -0.3 is 15.7 Å². The average Bonchev–Trinajstić information content (AvgIpc) is 2.34. The number of aryl methyl sites for hydroxylation is 1. The molecule has 0 saturated carbocycles. The van der Waals surface area contributed by atoms with Crippen molar-refractivity contribution in [1.29, 1.82) is 0 Å². The fourth-order valence-electron chi connectivity index (χ4n) is 2.51. The van der Waals surface area contributed by atoms with Crippen LogP contribution in [0.25, 0.3) is 0 Å². The standard InChI is InChI=1S/C15H22N2O2/c1-10-4-5-12(18)11(8-10)14(19)17-13-6-7-16-9-15(13,2)3/h4-5,8,13,16,18H,6-7,9H2,1-3H3,(H,17,19). The third-order valence-corrected chi connectivity index (χ3v) is 3.84. The van der Waals surface area contributed by atoms with E-state index in [-0.39, 0.29) is 23.1 Å². The molecule has 104 valence electrons. The quantitative estimate of drug-likeness (QED) is 0.762. The summed E-state index contributed by atoms with van der Waals surface area (Å²) in [6.07, 6.45) is 0.908. The van der Waals surface area contributed by atoms with E-state index in [4.69, 9.17) is 0 Å². The number of nitrogens with one attached hydrogen (secondary N) is 2. The minimum atomic E-state index is -0.193. The van der Waals surface area contributed by atoms with E-state index in [2.05, 4.69) is 24.5 Å². The summed E-state index contributed by atoms with van der Waals surface area (Å²) in [4.78, 5) is 12.3. The monoisotopic (exact) mass is 262 g/mol. The summed E-state index contributed by atoms with van der Waals surface area (Å²) in [5, 5.41) is 16.2. The zero-order valence-electron chi connectivity index (χ0n) is 11.8. The molecule has 19 heavy (non-hydrogen) atoms. The molecule has 0 bridgehead atoms. The van der Waals surface area contributed by atoms with Gasteiger partial charge in [0.1, 0.15) is 5.75 Å². The van der Waals surface area contributed by atoms with E-state index in [0.29, 0.717) is 5.56 Å². The van der Waals surface area contributed by atoms with Gasteiger partial charge in [-0.2, -0.15) is 0 Å². The third-order valence-electron chi connectivity index (χ3n) is 3.84. The van der Waals surface area contributed by atoms with Crippen molar-refractivity contribution in [1.82, 2.24) is 10.6 Å². The lowest BCUT2D eigenvalue weighted by molar-refractivity contribution is 0.0866. The summed E-state index contributed by atoms with van der Waals surface area (Å²) < 4.78 is 0. The fourth-order valence-corrected chi connectivity index (χ4v) is 2.51. The lowest BCUT2D eigenvalue weighted by atomic mass is 9.80. The Morgan fingerprint density at radius 3 is 2.89 bits per heavy atom. The molecule has 0 spiro atoms. The Morgan fingerprint density at radius 1 is 1.47 bits per heavy atom. The molecule has 1 aliphatic rings. The van der Waals surface area contributed by atoms with E-state index in [0.717, 1.165) is 25.1 Å². The number of amides is 1. The van der Waals surface area contributed by atoms with Crippen LogP contribution in [-0.2, 0) is 0 Å². The number of phenols is 1. The molecule has 0 aromatic heterocycles. The second-order valence-corrected chi connectivity index (χ2v) is 6.00. The number of hydrogen-bond donors (Lipinski definition) is 3. The van der Waals surface area contributed by atoms with Crippen LogP contribution in [0.2, 0.25) is 0 Å². The summed E-state index contributed by atoms with van der Waals surface area (Å²) in [5.41, 5.74) is 1.34. The van der Waals surface area contributed by atoms with Crippen molar-refractivity contribution >= 4 is 5.91 Å². The first-order valence-electron chi connectivity index (χ1n) is 6.71. The highest BCUT2D eigenvalue weighted by molar-refractivity contribution is 5.97. The molecular formula is C15H22N2O2. The van der Waals surface area contributed by atoms with Crippen LogP contribution in [0.3, 0.4) is 0 Å². The predicted octanol–water partition coefficient (Wildman–Crippen LogP) is 1.82. The van der Waals surface area contributed by atoms with Gasteiger partial charge in [0.05, 0.1) is 5.56 Å². The van der Waals surface area contributed by atoms with Crippen molar-refractivity contribution in [3.8, 4) is 5.75 Å². The number of hydrogen-bond acceptors (Lipinski definition) is 3. The van der Waals surface area contributed by atoms with Crippen LogP contribution in [0.1, 0.15) is 36.2 Å². The largest absolute Gasteiger partial charge is 0.507 e. The van der Waals surface area contributed by atoms with Crippen LogP contribution in [0.4, 0.5) is 0 Å². The Morgan fingerprint density at radius 2 is 2.21 bits per heavy atom. The van der Waals surface area contributed by atoms with E-state index >= 15 is 0 Å². The number of carbonyl (C=O) groups excluding carboxylic acids is 1. The minimum Gasteiger partial charge on any atom is -0.507 e. The van der Waals surface area contributed by atoms with Crippen molar-refractivity contribution in [2.45, 2.75) is 33.2 Å². The van der Waals surface area contributed by atoms with E-state index in [9.17, 15) is 9.90 Å². The number of phenolic OH excluding ortho intramolecular Hbond substituents is 1. The maximum Gasteiger partial charge on any atom is 0.255 e. The highest BCUT2D eigenvalue weighted by Gasteiger charge is 2.33. The molecule has 0 radical (unpaired) electrons. The van der Waals surface area contributed by atoms with Crippen LogP contribution >= 0.6 is 0 Å². The second kappa shape index (κ2) is 5.21. The topological polar surface area (TPSA) is 61.4 Å². The maximum atomic E-state index is 12.3. The van der Waals surface area contributed by atoms with Crippen LogP contribution in [-0.4, -0.2) is 30.1 Å². The summed E-state index contributed by atoms with van der Waals surface area (Å²) >= 11 is 0. The first-order chi connectivity index (χ1) is 8.90. The van der Waals surface area contributed by atoms with Crippen molar-refractivity contribution in [3.63, 3.8) is 0 Å². The molecule has 1 unspecified atom stereocenters. The molecule has 1 saturated heterocycles. The van der Waals surface area contributed by atoms with E-state index in [1.807, 2.05) is 6.92 Å². The maximum absolute atomic E-state index is 12.3. The molecule has 1 aromatic carbocycles. The summed E-state index contributed by atoms with van der Waals surface area (Å²) in [7, 11) is 0. The number of carbonyl (C=O) groups is 1. The Labute approximate surface area is 114 Å². The molecule has 1 fully saturated rings. The fraction of sp³-hybridized carbons (Fsp3) is 0.533. The zero-order valence-corrected chi connectivity index (χ0v) is 11.8. The van der Waals surface area contributed by atoms with E-state index in [1.165, 1.54) is 0 Å². The Kier molecular flexibility index (Phi) is 3.80. The number of aromatic hydroxyl groups is 1. The van der Waals surface area contributed by atoms with Gasteiger partial charge >= 0.3 is 0 Å².